The summed E-state index contributed by atoms with van der Waals surface area (Å²) in [7, 11) is -2.01. The largest absolute Gasteiger partial charge is 0.322 e. The van der Waals surface area contributed by atoms with E-state index in [1.807, 2.05) is 0 Å². The lowest BCUT2D eigenvalue weighted by Gasteiger charge is -2.18. The van der Waals surface area contributed by atoms with Crippen molar-refractivity contribution in [1.29, 1.82) is 0 Å². The van der Waals surface area contributed by atoms with E-state index in [0.717, 1.165) is 22.7 Å². The van der Waals surface area contributed by atoms with Crippen molar-refractivity contribution in [1.82, 2.24) is 0 Å². The Hall–Kier alpha value is -2.58. The lowest BCUT2D eigenvalue weighted by Crippen LogP contribution is -2.25. The maximum absolute atomic E-state index is 12.5. The van der Waals surface area contributed by atoms with Gasteiger partial charge in [-0.05, 0) is 48.9 Å². The van der Waals surface area contributed by atoms with Gasteiger partial charge in [0.1, 0.15) is 0 Å². The molecule has 9 heteroatoms. The SMILES string of the molecule is CN(c1ccc(C(=O)Nc2ccc(N3CCCC3=O)cc2)c(Cl)c1)S(C)(=O)=O. The fourth-order valence-electron chi connectivity index (χ4n) is 2.92. The molecule has 1 N–H and O–H groups in total. The molecule has 0 radical (unpaired) electrons. The van der Waals surface area contributed by atoms with Gasteiger partial charge >= 0.3 is 0 Å². The maximum atomic E-state index is 12.5. The van der Waals surface area contributed by atoms with Crippen LogP contribution in [0.1, 0.15) is 23.2 Å². The van der Waals surface area contributed by atoms with Crippen LogP contribution in [0.3, 0.4) is 0 Å². The van der Waals surface area contributed by atoms with Crippen LogP contribution in [0.25, 0.3) is 0 Å². The Morgan fingerprint density at radius 2 is 1.86 bits per heavy atom. The van der Waals surface area contributed by atoms with Crippen molar-refractivity contribution in [3.8, 4) is 0 Å². The van der Waals surface area contributed by atoms with E-state index in [4.69, 9.17) is 11.6 Å². The molecule has 0 unspecified atom stereocenters. The van der Waals surface area contributed by atoms with E-state index >= 15 is 0 Å². The van der Waals surface area contributed by atoms with Crippen LogP contribution in [0.4, 0.5) is 17.1 Å². The minimum atomic E-state index is -3.42. The van der Waals surface area contributed by atoms with Crippen LogP contribution in [-0.4, -0.2) is 40.1 Å². The molecule has 1 saturated heterocycles. The first-order valence-corrected chi connectivity index (χ1v) is 10.8. The van der Waals surface area contributed by atoms with Gasteiger partial charge in [0.15, 0.2) is 0 Å². The smallest absolute Gasteiger partial charge is 0.257 e. The van der Waals surface area contributed by atoms with Gasteiger partial charge in [0.25, 0.3) is 5.91 Å². The summed E-state index contributed by atoms with van der Waals surface area (Å²) >= 11 is 6.19. The van der Waals surface area contributed by atoms with E-state index in [9.17, 15) is 18.0 Å². The molecule has 1 heterocycles. The van der Waals surface area contributed by atoms with Crippen molar-refractivity contribution >= 4 is 50.5 Å². The number of sulfonamides is 1. The molecule has 0 bridgehead atoms. The van der Waals surface area contributed by atoms with Crippen molar-refractivity contribution in [2.45, 2.75) is 12.8 Å². The molecule has 7 nitrogen and oxygen atoms in total. The number of halogens is 1. The number of hydrogen-bond acceptors (Lipinski definition) is 4. The molecule has 1 aliphatic heterocycles. The molecule has 0 aliphatic carbocycles. The molecule has 0 spiro atoms. The van der Waals surface area contributed by atoms with Crippen LogP contribution in [-0.2, 0) is 14.8 Å². The number of anilines is 3. The highest BCUT2D eigenvalue weighted by molar-refractivity contribution is 7.92. The minimum absolute atomic E-state index is 0.0997. The summed E-state index contributed by atoms with van der Waals surface area (Å²) in [6.07, 6.45) is 2.49. The molecule has 3 rings (SSSR count). The molecule has 0 saturated carbocycles. The Balaban J connectivity index is 1.73. The second-order valence-electron chi connectivity index (χ2n) is 6.54. The summed E-state index contributed by atoms with van der Waals surface area (Å²) in [5.74, 6) is -0.314. The Morgan fingerprint density at radius 3 is 2.39 bits per heavy atom. The molecule has 148 valence electrons. The average molecular weight is 422 g/mol. The number of nitrogens with zero attached hydrogens (tertiary/aromatic N) is 2. The van der Waals surface area contributed by atoms with Crippen LogP contribution < -0.4 is 14.5 Å². The van der Waals surface area contributed by atoms with Gasteiger partial charge in [0.05, 0.1) is 22.5 Å². The summed E-state index contributed by atoms with van der Waals surface area (Å²) in [6, 6.07) is 11.4. The first kappa shape index (κ1) is 20.2. The third-order valence-electron chi connectivity index (χ3n) is 4.57. The molecule has 2 aromatic rings. The van der Waals surface area contributed by atoms with E-state index in [1.165, 1.54) is 25.2 Å². The zero-order chi connectivity index (χ0) is 20.5. The molecule has 0 aromatic heterocycles. The predicted molar refractivity (Wildman–Crippen MR) is 111 cm³/mol. The van der Waals surface area contributed by atoms with Crippen molar-refractivity contribution in [3.63, 3.8) is 0 Å². The fourth-order valence-corrected chi connectivity index (χ4v) is 3.68. The standard InChI is InChI=1S/C19H20ClN3O4S/c1-22(28(2,26)27)15-9-10-16(17(20)12-15)19(25)21-13-5-7-14(8-6-13)23-11-3-4-18(23)24/h5-10,12H,3-4,11H2,1-2H3,(H,21,25). The molecule has 2 aromatic carbocycles. The molecular weight excluding hydrogens is 402 g/mol. The molecule has 2 amide bonds. The summed E-state index contributed by atoms with van der Waals surface area (Å²) < 4.78 is 24.3. The lowest BCUT2D eigenvalue weighted by molar-refractivity contribution is -0.117. The highest BCUT2D eigenvalue weighted by Gasteiger charge is 2.21. The molecular formula is C19H20ClN3O4S. The third kappa shape index (κ3) is 4.28. The number of hydrogen-bond donors (Lipinski definition) is 1. The van der Waals surface area contributed by atoms with Crippen molar-refractivity contribution < 1.29 is 18.0 Å². The molecule has 0 atom stereocenters. The second kappa shape index (κ2) is 7.81. The van der Waals surface area contributed by atoms with Gasteiger partial charge in [0.2, 0.25) is 15.9 Å². The Kier molecular flexibility index (Phi) is 5.62. The summed E-state index contributed by atoms with van der Waals surface area (Å²) in [5.41, 5.74) is 1.95. The molecule has 28 heavy (non-hydrogen) atoms. The quantitative estimate of drug-likeness (QED) is 0.803. The van der Waals surface area contributed by atoms with Gasteiger partial charge in [-0.2, -0.15) is 0 Å². The van der Waals surface area contributed by atoms with Gasteiger partial charge < -0.3 is 10.2 Å². The predicted octanol–water partition coefficient (Wildman–Crippen LogP) is 3.11. The maximum Gasteiger partial charge on any atom is 0.257 e. The zero-order valence-electron chi connectivity index (χ0n) is 15.5. The van der Waals surface area contributed by atoms with Gasteiger partial charge in [-0.15, -0.1) is 0 Å². The minimum Gasteiger partial charge on any atom is -0.322 e. The monoisotopic (exact) mass is 421 g/mol. The summed E-state index contributed by atoms with van der Waals surface area (Å²) in [6.45, 7) is 0.703. The van der Waals surface area contributed by atoms with Crippen LogP contribution in [0.2, 0.25) is 5.02 Å². The topological polar surface area (TPSA) is 86.8 Å². The van der Waals surface area contributed by atoms with Crippen LogP contribution in [0.15, 0.2) is 42.5 Å². The average Bonchev–Trinajstić information content (AvgIpc) is 3.06. The normalized spacial score (nSPS) is 14.2. The number of carbonyl (C=O) groups is 2. The van der Waals surface area contributed by atoms with Gasteiger partial charge in [-0.1, -0.05) is 11.6 Å². The number of rotatable bonds is 5. The highest BCUT2D eigenvalue weighted by atomic mass is 35.5. The van der Waals surface area contributed by atoms with E-state index in [-0.39, 0.29) is 16.5 Å². The zero-order valence-corrected chi connectivity index (χ0v) is 17.0. The second-order valence-corrected chi connectivity index (χ2v) is 8.97. The van der Waals surface area contributed by atoms with Gasteiger partial charge in [0, 0.05) is 31.4 Å². The molecule has 1 aliphatic rings. The van der Waals surface area contributed by atoms with Crippen molar-refractivity contribution in [2.75, 3.05) is 34.4 Å². The number of carbonyl (C=O) groups excluding carboxylic acids is 2. The Labute approximate surface area is 168 Å². The first-order valence-electron chi connectivity index (χ1n) is 8.62. The van der Waals surface area contributed by atoms with Crippen molar-refractivity contribution in [3.05, 3.63) is 53.1 Å². The lowest BCUT2D eigenvalue weighted by atomic mass is 10.2. The van der Waals surface area contributed by atoms with Crippen LogP contribution >= 0.6 is 11.6 Å². The van der Waals surface area contributed by atoms with Crippen LogP contribution in [0, 0.1) is 0 Å². The Morgan fingerprint density at radius 1 is 1.18 bits per heavy atom. The number of benzene rings is 2. The van der Waals surface area contributed by atoms with Crippen molar-refractivity contribution in [2.24, 2.45) is 0 Å². The van der Waals surface area contributed by atoms with E-state index in [2.05, 4.69) is 5.32 Å². The van der Waals surface area contributed by atoms with E-state index in [1.54, 1.807) is 29.2 Å². The van der Waals surface area contributed by atoms with Gasteiger partial charge in [-0.3, -0.25) is 13.9 Å². The third-order valence-corrected chi connectivity index (χ3v) is 6.09. The van der Waals surface area contributed by atoms with E-state index < -0.39 is 15.9 Å². The summed E-state index contributed by atoms with van der Waals surface area (Å²) in [5, 5.41) is 2.89. The fraction of sp³-hybridized carbons (Fsp3) is 0.263. The molecule has 1 fully saturated rings. The Bertz CT molecular complexity index is 1020. The first-order chi connectivity index (χ1) is 13.2. The van der Waals surface area contributed by atoms with E-state index in [0.29, 0.717) is 24.3 Å². The number of nitrogens with one attached hydrogen (secondary N) is 1. The van der Waals surface area contributed by atoms with Gasteiger partial charge in [-0.25, -0.2) is 8.42 Å². The highest BCUT2D eigenvalue weighted by Crippen LogP contribution is 2.26. The number of amides is 2. The summed E-state index contributed by atoms with van der Waals surface area (Å²) in [4.78, 5) is 26.0. The van der Waals surface area contributed by atoms with Crippen LogP contribution in [0.5, 0.6) is 0 Å².